The molecule has 13 heteroatoms. The number of fused-ring (bicyclic) bond motifs is 2. The van der Waals surface area contributed by atoms with E-state index in [1.807, 2.05) is 46.8 Å². The fourth-order valence-corrected chi connectivity index (χ4v) is 7.67. The molecule has 0 aliphatic carbocycles. The van der Waals surface area contributed by atoms with Gasteiger partial charge in [0.25, 0.3) is 0 Å². The summed E-state index contributed by atoms with van der Waals surface area (Å²) in [5.74, 6) is 0. The monoisotopic (exact) mass is 905 g/mol. The molecule has 0 saturated carbocycles. The largest absolute Gasteiger partial charge is 0.506 e. The molecule has 2 aromatic carbocycles. The molecular formula is C52H85BN4O8. The van der Waals surface area contributed by atoms with Gasteiger partial charge in [0, 0.05) is 42.1 Å². The number of nitrogens with zero attached hydrogens (tertiary/aromatic N) is 4. The van der Waals surface area contributed by atoms with Crippen molar-refractivity contribution in [2.75, 3.05) is 14.1 Å². The second-order valence-corrected chi connectivity index (χ2v) is 23.8. The third-order valence-electron chi connectivity index (χ3n) is 12.2. The number of ether oxygens (including phenoxy) is 2. The zero-order valence-electron chi connectivity index (χ0n) is 43.7. The van der Waals surface area contributed by atoms with Gasteiger partial charge in [0.15, 0.2) is 0 Å². The third kappa shape index (κ3) is 16.5. The van der Waals surface area contributed by atoms with E-state index >= 15 is 0 Å². The number of carbonyl (C=O) groups excluding carboxylic acids is 2. The van der Waals surface area contributed by atoms with Crippen molar-refractivity contribution in [3.05, 3.63) is 64.8 Å². The van der Waals surface area contributed by atoms with Gasteiger partial charge in [0.2, 0.25) is 0 Å². The smallest absolute Gasteiger partial charge is 0.443 e. The lowest BCUT2D eigenvalue weighted by Gasteiger charge is -2.35. The molecule has 4 rings (SSSR count). The van der Waals surface area contributed by atoms with Crippen LogP contribution in [0.1, 0.15) is 160 Å². The van der Waals surface area contributed by atoms with Gasteiger partial charge in [0.05, 0.1) is 27.8 Å². The number of hydrogen-bond donors (Lipinski definition) is 4. The molecule has 2 heterocycles. The van der Waals surface area contributed by atoms with Crippen molar-refractivity contribution < 1.29 is 39.3 Å². The van der Waals surface area contributed by atoms with E-state index in [1.54, 1.807) is 51.4 Å². The lowest BCUT2D eigenvalue weighted by molar-refractivity contribution is 0.0534. The Morgan fingerprint density at radius 1 is 0.615 bits per heavy atom. The van der Waals surface area contributed by atoms with Gasteiger partial charge in [-0.2, -0.15) is 0 Å². The minimum atomic E-state index is -1.84. The average molecular weight is 905 g/mol. The van der Waals surface area contributed by atoms with Crippen LogP contribution in [0.4, 0.5) is 9.59 Å². The first-order valence-electron chi connectivity index (χ1n) is 23.3. The summed E-state index contributed by atoms with van der Waals surface area (Å²) in [5, 5.41) is 42.5. The van der Waals surface area contributed by atoms with Crippen molar-refractivity contribution in [3.63, 3.8) is 0 Å². The summed E-state index contributed by atoms with van der Waals surface area (Å²) in [4.78, 5) is 30.6. The van der Waals surface area contributed by atoms with Crippen molar-refractivity contribution in [1.82, 2.24) is 18.9 Å². The quantitative estimate of drug-likeness (QED) is 0.0956. The molecule has 0 aliphatic rings. The molecule has 65 heavy (non-hydrogen) atoms. The molecule has 2 aromatic heterocycles. The predicted molar refractivity (Wildman–Crippen MR) is 267 cm³/mol. The maximum absolute atomic E-state index is 13.1. The van der Waals surface area contributed by atoms with Gasteiger partial charge in [-0.1, -0.05) is 53.7 Å². The van der Waals surface area contributed by atoms with Crippen molar-refractivity contribution in [1.29, 1.82) is 0 Å². The second-order valence-electron chi connectivity index (χ2n) is 23.8. The molecule has 4 aromatic rings. The molecule has 0 radical (unpaired) electrons. The predicted octanol–water partition coefficient (Wildman–Crippen LogP) is 9.67. The summed E-state index contributed by atoms with van der Waals surface area (Å²) in [6.45, 7) is 37.4. The van der Waals surface area contributed by atoms with Crippen LogP contribution in [0.15, 0.2) is 42.6 Å². The van der Waals surface area contributed by atoms with E-state index in [0.29, 0.717) is 43.4 Å². The highest BCUT2D eigenvalue weighted by Crippen LogP contribution is 2.31. The Bertz CT molecular complexity index is 2230. The number of aliphatic hydroxyl groups is 2. The molecule has 2 atom stereocenters. The van der Waals surface area contributed by atoms with Crippen LogP contribution in [0, 0.1) is 10.8 Å². The number of rotatable bonds is 13. The normalized spacial score (nSPS) is 14.2. The van der Waals surface area contributed by atoms with E-state index in [4.69, 9.17) is 9.47 Å². The number of aryl methyl sites for hydroxylation is 2. The summed E-state index contributed by atoms with van der Waals surface area (Å²) in [5.41, 5.74) is 3.08. The van der Waals surface area contributed by atoms with Crippen molar-refractivity contribution in [2.45, 2.75) is 198 Å². The van der Waals surface area contributed by atoms with E-state index in [9.17, 15) is 29.9 Å². The van der Waals surface area contributed by atoms with Crippen molar-refractivity contribution >= 4 is 46.7 Å². The van der Waals surface area contributed by atoms with Gasteiger partial charge < -0.3 is 29.7 Å². The zero-order valence-corrected chi connectivity index (χ0v) is 43.7. The van der Waals surface area contributed by atoms with Gasteiger partial charge in [-0.3, -0.25) is 18.9 Å². The van der Waals surface area contributed by atoms with Crippen LogP contribution < -0.4 is 5.59 Å². The summed E-state index contributed by atoms with van der Waals surface area (Å²) in [6.07, 6.45) is 3.25. The highest BCUT2D eigenvalue weighted by atomic mass is 16.6. The Kier molecular flexibility index (Phi) is 17.7. The Labute approximate surface area is 391 Å². The minimum absolute atomic E-state index is 0.0577. The molecular weight excluding hydrogens is 819 g/mol. The molecule has 0 spiro atoms. The number of carbonyl (C=O) groups is 2. The topological polar surface area (TPSA) is 150 Å². The van der Waals surface area contributed by atoms with Gasteiger partial charge in [-0.05, 0) is 180 Å². The van der Waals surface area contributed by atoms with E-state index in [-0.39, 0.29) is 22.5 Å². The van der Waals surface area contributed by atoms with Gasteiger partial charge >= 0.3 is 19.3 Å². The maximum atomic E-state index is 13.1. The SMILES string of the molecule is CC(N(C)Cc1cc(CCC(C)(C)O)c2cc(B(O)O)n(C(=O)OC(C)(C)C)c2c1)C(C)(C)C.CC(N(C)Cc1cc(CCC(C)(C)O)c2ccn(C(=O)OC(C)(C)C)c2c1)C(C)(C)C. The van der Waals surface area contributed by atoms with Gasteiger partial charge in [0.1, 0.15) is 11.2 Å². The fourth-order valence-electron chi connectivity index (χ4n) is 7.67. The third-order valence-corrected chi connectivity index (χ3v) is 12.2. The van der Waals surface area contributed by atoms with E-state index < -0.39 is 35.6 Å². The molecule has 0 bridgehead atoms. The Hall–Kier alpha value is -3.72. The van der Waals surface area contributed by atoms with Crippen LogP contribution in [-0.4, -0.2) is 107 Å². The second kappa shape index (κ2) is 20.7. The van der Waals surface area contributed by atoms with Crippen LogP contribution in [0.5, 0.6) is 0 Å². The first-order valence-corrected chi connectivity index (χ1v) is 23.3. The van der Waals surface area contributed by atoms with Crippen LogP contribution in [0.2, 0.25) is 0 Å². The standard InChI is InChI=1S/C26H43BN2O5.C26H42N2O3/c1-17(24(2,3)4)28(10)16-18-13-19(11-12-26(8,9)31)20-15-22(27(32)33)29(21(20)14-18)23(30)34-25(5,6)7;1-18(24(2,3)4)27(10)17-19-15-20(11-13-26(8,9)30)21-12-14-28(22(21)16-19)23(29)31-25(5,6)7/h13-15,17,31-33H,11-12,16H2,1-10H3;12,14-16,18,30H,11,13,17H2,1-10H3. The van der Waals surface area contributed by atoms with Crippen LogP contribution in [-0.2, 0) is 35.4 Å². The Morgan fingerprint density at radius 2 is 1.02 bits per heavy atom. The van der Waals surface area contributed by atoms with Gasteiger partial charge in [-0.25, -0.2) is 9.59 Å². The summed E-state index contributed by atoms with van der Waals surface area (Å²) in [7, 11) is 2.38. The van der Waals surface area contributed by atoms with Crippen molar-refractivity contribution in [2.24, 2.45) is 10.8 Å². The molecule has 2 unspecified atom stereocenters. The molecule has 0 aliphatic heterocycles. The first-order chi connectivity index (χ1) is 29.3. The minimum Gasteiger partial charge on any atom is -0.443 e. The lowest BCUT2D eigenvalue weighted by atomic mass is 9.85. The fraction of sp³-hybridized carbons (Fsp3) is 0.654. The van der Waals surface area contributed by atoms with E-state index in [1.165, 1.54) is 4.57 Å². The summed E-state index contributed by atoms with van der Waals surface area (Å²) < 4.78 is 14.1. The van der Waals surface area contributed by atoms with Crippen LogP contribution >= 0.6 is 0 Å². The highest BCUT2D eigenvalue weighted by Gasteiger charge is 2.30. The van der Waals surface area contributed by atoms with Gasteiger partial charge in [-0.15, -0.1) is 0 Å². The summed E-state index contributed by atoms with van der Waals surface area (Å²) in [6, 6.07) is 12.6. The maximum Gasteiger partial charge on any atom is 0.506 e. The molecule has 364 valence electrons. The highest BCUT2D eigenvalue weighted by molar-refractivity contribution is 6.59. The molecule has 0 amide bonds. The molecule has 12 nitrogen and oxygen atoms in total. The molecule has 4 N–H and O–H groups in total. The van der Waals surface area contributed by atoms with Crippen LogP contribution in [0.3, 0.4) is 0 Å². The Morgan fingerprint density at radius 3 is 1.40 bits per heavy atom. The van der Waals surface area contributed by atoms with Crippen molar-refractivity contribution in [3.8, 4) is 0 Å². The lowest BCUT2D eigenvalue weighted by Crippen LogP contribution is -2.41. The Balaban J connectivity index is 0.000000347. The number of benzene rings is 2. The summed E-state index contributed by atoms with van der Waals surface area (Å²) >= 11 is 0. The first kappa shape index (κ1) is 55.6. The van der Waals surface area contributed by atoms with E-state index in [2.05, 4.69) is 97.5 Å². The van der Waals surface area contributed by atoms with Crippen LogP contribution in [0.25, 0.3) is 21.8 Å². The zero-order chi connectivity index (χ0) is 50.0. The number of hydrogen-bond acceptors (Lipinski definition) is 10. The molecule has 0 fully saturated rings. The average Bonchev–Trinajstić information content (AvgIpc) is 3.72. The van der Waals surface area contributed by atoms with E-state index in [0.717, 1.165) is 51.5 Å². The number of aromatic nitrogens is 2. The molecule has 0 saturated heterocycles.